The number of anilines is 1. The van der Waals surface area contributed by atoms with Crippen molar-refractivity contribution < 1.29 is 9.84 Å². The van der Waals surface area contributed by atoms with Gasteiger partial charge in [-0.25, -0.2) is 0 Å². The zero-order valence-electron chi connectivity index (χ0n) is 10.1. The van der Waals surface area contributed by atoms with Gasteiger partial charge in [0.15, 0.2) is 0 Å². The van der Waals surface area contributed by atoms with Gasteiger partial charge in [-0.15, -0.1) is 0 Å². The van der Waals surface area contributed by atoms with Crippen molar-refractivity contribution in [3.63, 3.8) is 0 Å². The number of aliphatic hydroxyl groups is 1. The molecule has 4 nitrogen and oxygen atoms in total. The Hall–Kier alpha value is -1.13. The number of aromatic nitrogens is 1. The summed E-state index contributed by atoms with van der Waals surface area (Å²) in [5.41, 5.74) is 6.77. The highest BCUT2D eigenvalue weighted by Gasteiger charge is 2.31. The predicted molar refractivity (Wildman–Crippen MR) is 64.1 cm³/mol. The van der Waals surface area contributed by atoms with E-state index in [9.17, 15) is 5.11 Å². The molecule has 0 spiro atoms. The number of aliphatic hydroxyl groups excluding tert-OH is 1. The number of nitrogen functional groups attached to an aromatic ring is 1. The van der Waals surface area contributed by atoms with E-state index in [-0.39, 0.29) is 0 Å². The summed E-state index contributed by atoms with van der Waals surface area (Å²) < 4.78 is 5.35. The van der Waals surface area contributed by atoms with Gasteiger partial charge < -0.3 is 15.6 Å². The highest BCUT2D eigenvalue weighted by Crippen LogP contribution is 2.23. The molecule has 0 saturated heterocycles. The first kappa shape index (κ1) is 12.9. The van der Waals surface area contributed by atoms with Gasteiger partial charge in [0.1, 0.15) is 0 Å². The van der Waals surface area contributed by atoms with Crippen molar-refractivity contribution in [1.29, 1.82) is 0 Å². The molecule has 0 aliphatic rings. The van der Waals surface area contributed by atoms with Gasteiger partial charge in [0.05, 0.1) is 11.7 Å². The topological polar surface area (TPSA) is 68.4 Å². The minimum atomic E-state index is -0.589. The number of rotatable bonds is 5. The molecule has 0 aliphatic carbocycles. The highest BCUT2D eigenvalue weighted by molar-refractivity contribution is 5.44. The number of methoxy groups -OCH3 is 1. The molecule has 90 valence electrons. The van der Waals surface area contributed by atoms with E-state index in [1.54, 1.807) is 25.6 Å². The van der Waals surface area contributed by atoms with Crippen LogP contribution in [-0.2, 0) is 11.2 Å². The Kier molecular flexibility index (Phi) is 4.26. The molecular weight excluding hydrogens is 204 g/mol. The average Bonchev–Trinajstić information content (AvgIpc) is 2.31. The van der Waals surface area contributed by atoms with E-state index in [1.165, 1.54) is 0 Å². The molecule has 1 aromatic heterocycles. The van der Waals surface area contributed by atoms with Gasteiger partial charge in [-0.1, -0.05) is 6.92 Å². The second kappa shape index (κ2) is 5.27. The summed E-state index contributed by atoms with van der Waals surface area (Å²) in [5, 5.41) is 10.1. The molecule has 1 rings (SSSR count). The second-order valence-electron chi connectivity index (χ2n) is 4.16. The molecule has 1 aromatic rings. The summed E-state index contributed by atoms with van der Waals surface area (Å²) in [6.45, 7) is 3.88. The molecule has 2 unspecified atom stereocenters. The number of ether oxygens (including phenoxy) is 1. The lowest BCUT2D eigenvalue weighted by molar-refractivity contribution is -0.0914. The van der Waals surface area contributed by atoms with Gasteiger partial charge in [0.2, 0.25) is 0 Å². The van der Waals surface area contributed by atoms with Crippen molar-refractivity contribution in [2.75, 3.05) is 12.8 Å². The standard InChI is InChI=1S/C12H20N2O2/c1-4-12(2,16-3)11(15)7-9-8-14-6-5-10(9)13/h5-6,8,11,15H,4,7H2,1-3H3,(H2,13,14). The number of hydrogen-bond donors (Lipinski definition) is 2. The average molecular weight is 224 g/mol. The first-order valence-corrected chi connectivity index (χ1v) is 5.45. The molecule has 0 aromatic carbocycles. The largest absolute Gasteiger partial charge is 0.398 e. The Balaban J connectivity index is 2.78. The van der Waals surface area contributed by atoms with Gasteiger partial charge in [0, 0.05) is 31.6 Å². The van der Waals surface area contributed by atoms with Crippen LogP contribution < -0.4 is 5.73 Å². The summed E-state index contributed by atoms with van der Waals surface area (Å²) in [6.07, 6.45) is 3.93. The predicted octanol–water partition coefficient (Wildman–Crippen LogP) is 1.38. The Labute approximate surface area is 96.5 Å². The normalized spacial score (nSPS) is 16.8. The van der Waals surface area contributed by atoms with E-state index < -0.39 is 11.7 Å². The van der Waals surface area contributed by atoms with E-state index in [0.717, 1.165) is 12.0 Å². The lowest BCUT2D eigenvalue weighted by atomic mass is 9.91. The van der Waals surface area contributed by atoms with Crippen LogP contribution in [0.5, 0.6) is 0 Å². The first-order valence-electron chi connectivity index (χ1n) is 5.45. The number of pyridine rings is 1. The maximum Gasteiger partial charge on any atom is 0.0909 e. The fourth-order valence-electron chi connectivity index (χ4n) is 1.55. The van der Waals surface area contributed by atoms with Crippen molar-refractivity contribution in [3.05, 3.63) is 24.0 Å². The van der Waals surface area contributed by atoms with E-state index in [2.05, 4.69) is 4.98 Å². The molecule has 3 N–H and O–H groups in total. The van der Waals surface area contributed by atoms with Crippen LogP contribution in [0.15, 0.2) is 18.5 Å². The Morgan fingerprint density at radius 3 is 2.81 bits per heavy atom. The van der Waals surface area contributed by atoms with Gasteiger partial charge in [-0.3, -0.25) is 4.98 Å². The van der Waals surface area contributed by atoms with Crippen LogP contribution in [0.2, 0.25) is 0 Å². The second-order valence-corrected chi connectivity index (χ2v) is 4.16. The number of hydrogen-bond acceptors (Lipinski definition) is 4. The van der Waals surface area contributed by atoms with Crippen molar-refractivity contribution in [2.45, 2.75) is 38.4 Å². The molecular formula is C12H20N2O2. The van der Waals surface area contributed by atoms with Gasteiger partial charge in [-0.05, 0) is 25.0 Å². The number of nitrogens with zero attached hydrogens (tertiary/aromatic N) is 1. The van der Waals surface area contributed by atoms with E-state index in [1.807, 2.05) is 13.8 Å². The Morgan fingerprint density at radius 1 is 1.62 bits per heavy atom. The van der Waals surface area contributed by atoms with E-state index >= 15 is 0 Å². The summed E-state index contributed by atoms with van der Waals surface area (Å²) in [5.74, 6) is 0. The number of nitrogens with two attached hydrogens (primary N) is 1. The maximum atomic E-state index is 10.1. The van der Waals surface area contributed by atoms with Gasteiger partial charge in [-0.2, -0.15) is 0 Å². The molecule has 1 heterocycles. The van der Waals surface area contributed by atoms with Crippen molar-refractivity contribution in [2.24, 2.45) is 0 Å². The van der Waals surface area contributed by atoms with Crippen molar-refractivity contribution in [1.82, 2.24) is 4.98 Å². The van der Waals surface area contributed by atoms with Crippen molar-refractivity contribution >= 4 is 5.69 Å². The van der Waals surface area contributed by atoms with Crippen LogP contribution in [0.4, 0.5) is 5.69 Å². The maximum absolute atomic E-state index is 10.1. The molecule has 4 heteroatoms. The van der Waals surface area contributed by atoms with Crippen LogP contribution in [0.3, 0.4) is 0 Å². The third-order valence-corrected chi connectivity index (χ3v) is 3.23. The summed E-state index contributed by atoms with van der Waals surface area (Å²) in [7, 11) is 1.61. The third kappa shape index (κ3) is 2.71. The Bertz CT molecular complexity index is 338. The summed E-state index contributed by atoms with van der Waals surface area (Å²) in [4.78, 5) is 4.00. The fourth-order valence-corrected chi connectivity index (χ4v) is 1.55. The highest BCUT2D eigenvalue weighted by atomic mass is 16.5. The smallest absolute Gasteiger partial charge is 0.0909 e. The minimum absolute atomic E-state index is 0.456. The quantitative estimate of drug-likeness (QED) is 0.793. The molecule has 0 bridgehead atoms. The van der Waals surface area contributed by atoms with Crippen LogP contribution in [0.25, 0.3) is 0 Å². The van der Waals surface area contributed by atoms with E-state index in [4.69, 9.17) is 10.5 Å². The molecule has 0 fully saturated rings. The molecule has 0 radical (unpaired) electrons. The van der Waals surface area contributed by atoms with Crippen LogP contribution in [-0.4, -0.2) is 28.9 Å². The van der Waals surface area contributed by atoms with Crippen LogP contribution >= 0.6 is 0 Å². The molecule has 16 heavy (non-hydrogen) atoms. The lowest BCUT2D eigenvalue weighted by Gasteiger charge is -2.32. The molecule has 0 aliphatic heterocycles. The first-order chi connectivity index (χ1) is 7.53. The molecule has 0 amide bonds. The van der Waals surface area contributed by atoms with Crippen molar-refractivity contribution in [3.8, 4) is 0 Å². The van der Waals surface area contributed by atoms with Gasteiger partial charge in [0.25, 0.3) is 0 Å². The van der Waals surface area contributed by atoms with E-state index in [0.29, 0.717) is 12.1 Å². The zero-order valence-corrected chi connectivity index (χ0v) is 10.1. The molecule has 2 atom stereocenters. The third-order valence-electron chi connectivity index (χ3n) is 3.23. The Morgan fingerprint density at radius 2 is 2.31 bits per heavy atom. The van der Waals surface area contributed by atoms with Crippen LogP contribution in [0.1, 0.15) is 25.8 Å². The minimum Gasteiger partial charge on any atom is -0.398 e. The summed E-state index contributed by atoms with van der Waals surface area (Å²) in [6, 6.07) is 1.73. The zero-order chi connectivity index (χ0) is 12.2. The monoisotopic (exact) mass is 224 g/mol. The summed E-state index contributed by atoms with van der Waals surface area (Å²) >= 11 is 0. The fraction of sp³-hybridized carbons (Fsp3) is 0.583. The van der Waals surface area contributed by atoms with Gasteiger partial charge >= 0.3 is 0 Å². The van der Waals surface area contributed by atoms with Crippen LogP contribution in [0, 0.1) is 0 Å². The molecule has 0 saturated carbocycles. The lowest BCUT2D eigenvalue weighted by Crippen LogP contribution is -2.42. The SMILES string of the molecule is CCC(C)(OC)C(O)Cc1cnccc1N.